The zero-order chi connectivity index (χ0) is 20.4. The Kier molecular flexibility index (Phi) is 5.28. The minimum absolute atomic E-state index is 0.228. The molecule has 1 N–H and O–H groups in total. The Balaban J connectivity index is 1.43. The molecule has 2 heterocycles. The Labute approximate surface area is 174 Å². The molecular weight excluding hydrogens is 414 g/mol. The van der Waals surface area contributed by atoms with E-state index in [0.29, 0.717) is 26.9 Å². The summed E-state index contributed by atoms with van der Waals surface area (Å²) in [5, 5.41) is 5.40. The summed E-state index contributed by atoms with van der Waals surface area (Å²) in [5.41, 5.74) is 2.50. The molecule has 0 radical (unpaired) electrons. The van der Waals surface area contributed by atoms with Gasteiger partial charge in [-0.25, -0.2) is 14.8 Å². The number of carbonyl (C=O) groups excluding carboxylic acids is 2. The molecule has 0 fully saturated rings. The topological polar surface area (TPSA) is 94.3 Å². The number of aromatic nitrogens is 2. The molecule has 2 aromatic heterocycles. The van der Waals surface area contributed by atoms with Crippen molar-refractivity contribution in [3.8, 4) is 11.3 Å². The predicted molar refractivity (Wildman–Crippen MR) is 110 cm³/mol. The molecule has 1 unspecified atom stereocenters. The van der Waals surface area contributed by atoms with Gasteiger partial charge in [0.2, 0.25) is 0 Å². The van der Waals surface area contributed by atoms with E-state index in [1.165, 1.54) is 24.7 Å². The number of nitrogens with zero attached hydrogens (tertiary/aromatic N) is 2. The standard InChI is InChI=1S/C20H14ClN3O4S/c1-11(28-19(26)13-6-4-8-16-17(13)22-10-27-16)18(25)24-20-23-15(9-29-20)12-5-2-3-7-14(12)21/h2-11H,1H3,(H,23,24,25). The molecule has 0 aliphatic carbocycles. The van der Waals surface area contributed by atoms with Gasteiger partial charge in [-0.1, -0.05) is 35.9 Å². The summed E-state index contributed by atoms with van der Waals surface area (Å²) in [5.74, 6) is -1.16. The second-order valence-electron chi connectivity index (χ2n) is 6.06. The highest BCUT2D eigenvalue weighted by molar-refractivity contribution is 7.14. The minimum atomic E-state index is -1.03. The van der Waals surface area contributed by atoms with Crippen LogP contribution in [0.3, 0.4) is 0 Å². The van der Waals surface area contributed by atoms with Gasteiger partial charge in [-0.3, -0.25) is 10.1 Å². The summed E-state index contributed by atoms with van der Waals surface area (Å²) < 4.78 is 10.5. The average molecular weight is 428 g/mol. The van der Waals surface area contributed by atoms with Gasteiger partial charge in [0.15, 0.2) is 23.2 Å². The molecule has 9 heteroatoms. The highest BCUT2D eigenvalue weighted by atomic mass is 35.5. The Morgan fingerprint density at radius 1 is 1.21 bits per heavy atom. The monoisotopic (exact) mass is 427 g/mol. The van der Waals surface area contributed by atoms with Gasteiger partial charge in [0.25, 0.3) is 5.91 Å². The Morgan fingerprint density at radius 3 is 2.86 bits per heavy atom. The molecule has 0 saturated heterocycles. The van der Waals surface area contributed by atoms with Crippen LogP contribution in [0.25, 0.3) is 22.4 Å². The maximum atomic E-state index is 12.4. The third-order valence-electron chi connectivity index (χ3n) is 4.12. The lowest BCUT2D eigenvalue weighted by Gasteiger charge is -2.12. The van der Waals surface area contributed by atoms with E-state index in [-0.39, 0.29) is 5.56 Å². The number of halogens is 1. The lowest BCUT2D eigenvalue weighted by molar-refractivity contribution is -0.123. The van der Waals surface area contributed by atoms with Crippen molar-refractivity contribution in [1.29, 1.82) is 0 Å². The number of thiazole rings is 1. The van der Waals surface area contributed by atoms with E-state index in [1.807, 2.05) is 18.2 Å². The van der Waals surface area contributed by atoms with Crippen molar-refractivity contribution in [2.75, 3.05) is 5.32 Å². The minimum Gasteiger partial charge on any atom is -0.449 e. The zero-order valence-electron chi connectivity index (χ0n) is 15.1. The van der Waals surface area contributed by atoms with E-state index in [4.69, 9.17) is 20.8 Å². The number of ether oxygens (including phenoxy) is 1. The van der Waals surface area contributed by atoms with Gasteiger partial charge in [-0.05, 0) is 25.1 Å². The average Bonchev–Trinajstić information content (AvgIpc) is 3.37. The maximum absolute atomic E-state index is 12.4. The number of anilines is 1. The number of oxazole rings is 1. The lowest BCUT2D eigenvalue weighted by atomic mass is 10.2. The zero-order valence-corrected chi connectivity index (χ0v) is 16.7. The van der Waals surface area contributed by atoms with Crippen molar-refractivity contribution in [2.45, 2.75) is 13.0 Å². The number of para-hydroxylation sites is 1. The Morgan fingerprint density at radius 2 is 2.03 bits per heavy atom. The van der Waals surface area contributed by atoms with Crippen molar-refractivity contribution in [1.82, 2.24) is 9.97 Å². The smallest absolute Gasteiger partial charge is 0.341 e. The number of fused-ring (bicyclic) bond motifs is 1. The Hall–Kier alpha value is -3.23. The number of esters is 1. The van der Waals surface area contributed by atoms with Crippen molar-refractivity contribution >= 4 is 51.0 Å². The molecule has 4 aromatic rings. The van der Waals surface area contributed by atoms with E-state index < -0.39 is 18.0 Å². The second-order valence-corrected chi connectivity index (χ2v) is 7.32. The molecule has 146 valence electrons. The normalized spacial score (nSPS) is 11.9. The van der Waals surface area contributed by atoms with Gasteiger partial charge in [-0.15, -0.1) is 11.3 Å². The number of carbonyl (C=O) groups is 2. The quantitative estimate of drug-likeness (QED) is 0.460. The molecule has 0 bridgehead atoms. The summed E-state index contributed by atoms with van der Waals surface area (Å²) in [6.45, 7) is 1.48. The van der Waals surface area contributed by atoms with Crippen molar-refractivity contribution in [3.05, 3.63) is 64.8 Å². The van der Waals surface area contributed by atoms with Crippen LogP contribution in [0.5, 0.6) is 0 Å². The SMILES string of the molecule is CC(OC(=O)c1cccc2ocnc12)C(=O)Nc1nc(-c2ccccc2Cl)cs1. The molecule has 0 aliphatic heterocycles. The first-order valence-electron chi connectivity index (χ1n) is 8.57. The number of amides is 1. The summed E-state index contributed by atoms with van der Waals surface area (Å²) >= 11 is 7.43. The summed E-state index contributed by atoms with van der Waals surface area (Å²) in [6.07, 6.45) is 0.216. The highest BCUT2D eigenvalue weighted by Crippen LogP contribution is 2.30. The van der Waals surface area contributed by atoms with E-state index in [9.17, 15) is 9.59 Å². The van der Waals surface area contributed by atoms with Gasteiger partial charge in [0, 0.05) is 16.0 Å². The molecule has 0 aliphatic rings. The molecule has 1 atom stereocenters. The third-order valence-corrected chi connectivity index (χ3v) is 5.20. The maximum Gasteiger partial charge on any atom is 0.341 e. The predicted octanol–water partition coefficient (Wildman–Crippen LogP) is 4.79. The fraction of sp³-hybridized carbons (Fsp3) is 0.100. The summed E-state index contributed by atoms with van der Waals surface area (Å²) in [4.78, 5) is 33.2. The van der Waals surface area contributed by atoms with Crippen LogP contribution in [-0.2, 0) is 9.53 Å². The first-order valence-corrected chi connectivity index (χ1v) is 9.83. The number of hydrogen-bond donors (Lipinski definition) is 1. The van der Waals surface area contributed by atoms with Gasteiger partial charge in [0.1, 0.15) is 5.52 Å². The van der Waals surface area contributed by atoms with Crippen LogP contribution < -0.4 is 5.32 Å². The third kappa shape index (κ3) is 3.98. The largest absolute Gasteiger partial charge is 0.449 e. The first kappa shape index (κ1) is 19.1. The van der Waals surface area contributed by atoms with Crippen LogP contribution in [0, 0.1) is 0 Å². The van der Waals surface area contributed by atoms with Crippen molar-refractivity contribution in [3.63, 3.8) is 0 Å². The van der Waals surface area contributed by atoms with E-state index >= 15 is 0 Å². The van der Waals surface area contributed by atoms with Crippen LogP contribution in [0.1, 0.15) is 17.3 Å². The molecule has 7 nitrogen and oxygen atoms in total. The molecular formula is C20H14ClN3O4S. The van der Waals surface area contributed by atoms with Gasteiger partial charge in [-0.2, -0.15) is 0 Å². The number of benzene rings is 2. The first-order chi connectivity index (χ1) is 14.0. The van der Waals surface area contributed by atoms with Gasteiger partial charge >= 0.3 is 5.97 Å². The van der Waals surface area contributed by atoms with Gasteiger partial charge in [0.05, 0.1) is 11.3 Å². The molecule has 2 aromatic carbocycles. The fourth-order valence-corrected chi connectivity index (χ4v) is 3.61. The second kappa shape index (κ2) is 8.02. The van der Waals surface area contributed by atoms with Crippen molar-refractivity contribution in [2.24, 2.45) is 0 Å². The lowest BCUT2D eigenvalue weighted by Crippen LogP contribution is -2.30. The van der Waals surface area contributed by atoms with E-state index in [0.717, 1.165) is 5.56 Å². The molecule has 4 rings (SSSR count). The summed E-state index contributed by atoms with van der Waals surface area (Å²) in [6, 6.07) is 12.2. The van der Waals surface area contributed by atoms with E-state index in [2.05, 4.69) is 15.3 Å². The number of hydrogen-bond acceptors (Lipinski definition) is 7. The highest BCUT2D eigenvalue weighted by Gasteiger charge is 2.22. The molecule has 0 saturated carbocycles. The van der Waals surface area contributed by atoms with E-state index in [1.54, 1.807) is 29.6 Å². The Bertz CT molecular complexity index is 1200. The van der Waals surface area contributed by atoms with Crippen LogP contribution >= 0.6 is 22.9 Å². The molecule has 1 amide bonds. The summed E-state index contributed by atoms with van der Waals surface area (Å²) in [7, 11) is 0. The molecule has 0 spiro atoms. The van der Waals surface area contributed by atoms with Crippen LogP contribution in [-0.4, -0.2) is 27.9 Å². The molecule has 29 heavy (non-hydrogen) atoms. The fourth-order valence-electron chi connectivity index (χ4n) is 2.66. The van der Waals surface area contributed by atoms with Crippen LogP contribution in [0.15, 0.2) is 58.7 Å². The van der Waals surface area contributed by atoms with Crippen molar-refractivity contribution < 1.29 is 18.7 Å². The number of nitrogens with one attached hydrogen (secondary N) is 1. The van der Waals surface area contributed by atoms with Crippen LogP contribution in [0.2, 0.25) is 5.02 Å². The number of rotatable bonds is 5. The van der Waals surface area contributed by atoms with Gasteiger partial charge < -0.3 is 9.15 Å². The van der Waals surface area contributed by atoms with Crippen LogP contribution in [0.4, 0.5) is 5.13 Å².